The van der Waals surface area contributed by atoms with Crippen LogP contribution in [0.25, 0.3) is 21.7 Å². The van der Waals surface area contributed by atoms with E-state index in [-0.39, 0.29) is 0 Å². The van der Waals surface area contributed by atoms with Gasteiger partial charge >= 0.3 is 0 Å². The molecule has 2 aromatic carbocycles. The highest BCUT2D eigenvalue weighted by atomic mass is 28.3. The average molecular weight is 342 g/mol. The molecular weight excluding hydrogens is 318 g/mol. The minimum Gasteiger partial charge on any atom is -0.256 e. The lowest BCUT2D eigenvalue weighted by atomic mass is 10.1. The Morgan fingerprint density at radius 1 is 0.920 bits per heavy atom. The Labute approximate surface area is 151 Å². The zero-order chi connectivity index (χ0) is 17.7. The van der Waals surface area contributed by atoms with E-state index < -0.39 is 8.07 Å². The zero-order valence-corrected chi connectivity index (χ0v) is 15.8. The summed E-state index contributed by atoms with van der Waals surface area (Å²) in [7, 11) is -2.44. The Bertz CT molecular complexity index is 961. The Balaban J connectivity index is 2.20. The molecule has 124 valence electrons. The quantitative estimate of drug-likeness (QED) is 0.267. The van der Waals surface area contributed by atoms with Crippen LogP contribution in [0.2, 0.25) is 6.04 Å². The van der Waals surface area contributed by atoms with E-state index in [0.717, 1.165) is 28.8 Å². The second-order valence-corrected chi connectivity index (χ2v) is 9.98. The summed E-state index contributed by atoms with van der Waals surface area (Å²) in [4.78, 5) is 4.65. The first-order valence-corrected chi connectivity index (χ1v) is 11.2. The van der Waals surface area contributed by atoms with Crippen molar-refractivity contribution in [1.29, 1.82) is 0 Å². The van der Waals surface area contributed by atoms with Gasteiger partial charge < -0.3 is 0 Å². The fourth-order valence-electron chi connectivity index (χ4n) is 3.56. The second-order valence-electron chi connectivity index (χ2n) is 6.55. The summed E-state index contributed by atoms with van der Waals surface area (Å²) in [6.45, 7) is 2.22. The number of aromatic nitrogens is 1. The monoisotopic (exact) mass is 341 g/mol. The van der Waals surface area contributed by atoms with Crippen LogP contribution in [0.5, 0.6) is 0 Å². The predicted octanol–water partition coefficient (Wildman–Crippen LogP) is 4.97. The highest BCUT2D eigenvalue weighted by Gasteiger charge is 2.33. The van der Waals surface area contributed by atoms with Crippen LogP contribution in [0.4, 0.5) is 0 Å². The van der Waals surface area contributed by atoms with Gasteiger partial charge in [0, 0.05) is 17.0 Å². The molecule has 0 fully saturated rings. The molecule has 25 heavy (non-hydrogen) atoms. The number of pyridine rings is 1. The van der Waals surface area contributed by atoms with Gasteiger partial charge in [-0.2, -0.15) is 0 Å². The molecule has 0 saturated heterocycles. The highest BCUT2D eigenvalue weighted by Crippen LogP contribution is 2.26. The number of benzene rings is 2. The van der Waals surface area contributed by atoms with E-state index >= 15 is 0 Å². The molecule has 0 aliphatic heterocycles. The highest BCUT2D eigenvalue weighted by molar-refractivity contribution is 7.05. The third-order valence-corrected chi connectivity index (χ3v) is 8.40. The third-order valence-electron chi connectivity index (χ3n) is 4.97. The topological polar surface area (TPSA) is 12.9 Å². The lowest BCUT2D eigenvalue weighted by Gasteiger charge is -2.22. The van der Waals surface area contributed by atoms with Gasteiger partial charge in [-0.15, -0.1) is 23.9 Å². The van der Waals surface area contributed by atoms with E-state index in [4.69, 9.17) is 12.8 Å². The van der Waals surface area contributed by atoms with Crippen molar-refractivity contribution in [3.05, 3.63) is 48.7 Å². The lowest BCUT2D eigenvalue weighted by molar-refractivity contribution is 0.699. The summed E-state index contributed by atoms with van der Waals surface area (Å²) >= 11 is 0. The van der Waals surface area contributed by atoms with Gasteiger partial charge in [-0.1, -0.05) is 69.0 Å². The Kier molecular flexibility index (Phi) is 5.22. The molecule has 2 heteroatoms. The summed E-state index contributed by atoms with van der Waals surface area (Å²) in [6.07, 6.45) is 18.7. The molecule has 0 saturated carbocycles. The number of hydrogen-bond donors (Lipinski definition) is 0. The largest absolute Gasteiger partial charge is 0.256 e. The van der Waals surface area contributed by atoms with Crippen LogP contribution < -0.4 is 5.19 Å². The van der Waals surface area contributed by atoms with Crippen LogP contribution in [0, 0.1) is 23.9 Å². The lowest BCUT2D eigenvalue weighted by Crippen LogP contribution is -2.46. The van der Waals surface area contributed by atoms with Gasteiger partial charge in [0.1, 0.15) is 0 Å². The Morgan fingerprint density at radius 3 is 2.44 bits per heavy atom. The molecule has 0 bridgehead atoms. The fourth-order valence-corrected chi connectivity index (χ4v) is 6.37. The molecular formula is C23H23NSi. The Morgan fingerprint density at radius 2 is 1.68 bits per heavy atom. The number of nitrogens with zero attached hydrogens (tertiary/aromatic N) is 1. The molecule has 0 aliphatic rings. The maximum atomic E-state index is 6.05. The summed E-state index contributed by atoms with van der Waals surface area (Å²) in [5.41, 5.74) is 7.19. The first-order valence-electron chi connectivity index (χ1n) is 8.98. The SMILES string of the molecule is C#C[Si](C#C)(CCCCCC)c1cccc2ccc3cccnc3c12. The third kappa shape index (κ3) is 3.19. The van der Waals surface area contributed by atoms with E-state index in [2.05, 4.69) is 59.4 Å². The molecule has 3 rings (SSSR count). The van der Waals surface area contributed by atoms with Gasteiger partial charge in [0.15, 0.2) is 0 Å². The van der Waals surface area contributed by atoms with E-state index in [9.17, 15) is 0 Å². The van der Waals surface area contributed by atoms with Crippen molar-refractivity contribution in [2.24, 2.45) is 0 Å². The van der Waals surface area contributed by atoms with Crippen molar-refractivity contribution in [3.63, 3.8) is 0 Å². The Hall–Kier alpha value is -2.55. The van der Waals surface area contributed by atoms with Gasteiger partial charge in [0.2, 0.25) is 8.07 Å². The standard InChI is InChI=1S/C23H23NSi/c1-4-7-8-9-18-25(5-2,6-3)21-14-10-12-19-15-16-20-13-11-17-24-23(20)22(19)21/h2-3,10-17H,4,7-9,18H2,1H3. The van der Waals surface area contributed by atoms with E-state index in [1.807, 2.05) is 12.3 Å². The van der Waals surface area contributed by atoms with Crippen LogP contribution in [0.1, 0.15) is 32.6 Å². The van der Waals surface area contributed by atoms with E-state index in [0.29, 0.717) is 0 Å². The van der Waals surface area contributed by atoms with Gasteiger partial charge in [0.05, 0.1) is 5.52 Å². The smallest absolute Gasteiger partial charge is 0.246 e. The van der Waals surface area contributed by atoms with Crippen molar-refractivity contribution >= 4 is 34.9 Å². The predicted molar refractivity (Wildman–Crippen MR) is 111 cm³/mol. The number of hydrogen-bond acceptors (Lipinski definition) is 1. The number of rotatable bonds is 6. The summed E-state index contributed by atoms with van der Waals surface area (Å²) < 4.78 is 0. The molecule has 0 radical (unpaired) electrons. The van der Waals surface area contributed by atoms with E-state index in [1.165, 1.54) is 29.8 Å². The minimum absolute atomic E-state index is 0.947. The van der Waals surface area contributed by atoms with Crippen molar-refractivity contribution in [1.82, 2.24) is 4.98 Å². The van der Waals surface area contributed by atoms with Crippen molar-refractivity contribution in [3.8, 4) is 23.9 Å². The van der Waals surface area contributed by atoms with Gasteiger partial charge in [-0.25, -0.2) is 0 Å². The minimum atomic E-state index is -2.44. The molecule has 1 aromatic heterocycles. The second kappa shape index (κ2) is 7.56. The molecule has 1 heterocycles. The normalized spacial score (nSPS) is 11.3. The molecule has 0 spiro atoms. The van der Waals surface area contributed by atoms with Crippen LogP contribution in [0.3, 0.4) is 0 Å². The van der Waals surface area contributed by atoms with Gasteiger partial charge in [-0.05, 0) is 22.7 Å². The number of unbranched alkanes of at least 4 members (excludes halogenated alkanes) is 3. The van der Waals surface area contributed by atoms with Crippen molar-refractivity contribution < 1.29 is 0 Å². The maximum absolute atomic E-state index is 6.05. The number of terminal acetylenes is 2. The van der Waals surface area contributed by atoms with Gasteiger partial charge in [0.25, 0.3) is 0 Å². The first kappa shape index (κ1) is 17.3. The van der Waals surface area contributed by atoms with Gasteiger partial charge in [-0.3, -0.25) is 4.98 Å². The molecule has 0 aliphatic carbocycles. The molecule has 3 aromatic rings. The van der Waals surface area contributed by atoms with Crippen LogP contribution in [-0.4, -0.2) is 13.1 Å². The molecule has 0 unspecified atom stereocenters. The summed E-state index contributed by atoms with van der Waals surface area (Å²) in [6, 6.07) is 15.6. The van der Waals surface area contributed by atoms with Crippen LogP contribution in [-0.2, 0) is 0 Å². The summed E-state index contributed by atoms with van der Waals surface area (Å²) in [5.74, 6) is 0. The van der Waals surface area contributed by atoms with E-state index in [1.54, 1.807) is 0 Å². The zero-order valence-electron chi connectivity index (χ0n) is 14.8. The fraction of sp³-hybridized carbons (Fsp3) is 0.261. The number of fused-ring (bicyclic) bond motifs is 3. The molecule has 1 nitrogen and oxygen atoms in total. The molecule has 0 atom stereocenters. The average Bonchev–Trinajstić information content (AvgIpc) is 2.68. The molecule has 0 N–H and O–H groups in total. The maximum Gasteiger partial charge on any atom is 0.246 e. The summed E-state index contributed by atoms with van der Waals surface area (Å²) in [5, 5.41) is 4.62. The van der Waals surface area contributed by atoms with Crippen LogP contribution >= 0.6 is 0 Å². The van der Waals surface area contributed by atoms with Crippen molar-refractivity contribution in [2.75, 3.05) is 0 Å². The van der Waals surface area contributed by atoms with Crippen LogP contribution in [0.15, 0.2) is 48.7 Å². The first-order chi connectivity index (χ1) is 12.3. The molecule has 0 amide bonds. The van der Waals surface area contributed by atoms with Crippen molar-refractivity contribution in [2.45, 2.75) is 38.7 Å².